The number of hydrogen-bond donors (Lipinski definition) is 0. The van der Waals surface area contributed by atoms with E-state index in [0.29, 0.717) is 6.32 Å². The van der Waals surface area contributed by atoms with Crippen LogP contribution in [-0.2, 0) is 0 Å². The van der Waals surface area contributed by atoms with Gasteiger partial charge in [0.2, 0.25) is 0 Å². The summed E-state index contributed by atoms with van der Waals surface area (Å²) in [5, 5.41) is 0. The zero-order valence-corrected chi connectivity index (χ0v) is 7.91. The highest BCUT2D eigenvalue weighted by atomic mass is 16.5. The van der Waals surface area contributed by atoms with E-state index in [9.17, 15) is 4.79 Å². The van der Waals surface area contributed by atoms with Crippen LogP contribution in [0, 0.1) is 0 Å². The van der Waals surface area contributed by atoms with Gasteiger partial charge in [-0.15, -0.1) is 0 Å². The molecular formula is C10H12BO2. The van der Waals surface area contributed by atoms with Crippen LogP contribution in [0.4, 0.5) is 0 Å². The highest BCUT2D eigenvalue weighted by Gasteiger charge is 2.03. The molecule has 1 rings (SSSR count). The first-order valence-corrected chi connectivity index (χ1v) is 4.23. The standard InChI is InChI=1S/C10H12BO2/c1-11-7-10(12)8-3-5-9(13-2)6-4-8/h3-6H,7H2,1-2H3. The van der Waals surface area contributed by atoms with Gasteiger partial charge in [0.25, 0.3) is 0 Å². The van der Waals surface area contributed by atoms with Crippen molar-refractivity contribution in [1.82, 2.24) is 0 Å². The number of rotatable bonds is 4. The lowest BCUT2D eigenvalue weighted by Crippen LogP contribution is -2.00. The highest BCUT2D eigenvalue weighted by molar-refractivity contribution is 6.41. The van der Waals surface area contributed by atoms with Crippen LogP contribution in [0.2, 0.25) is 13.1 Å². The fourth-order valence-electron chi connectivity index (χ4n) is 1.08. The molecule has 2 nitrogen and oxygen atoms in total. The smallest absolute Gasteiger partial charge is 0.155 e. The van der Waals surface area contributed by atoms with Gasteiger partial charge in [-0.2, -0.15) is 0 Å². The van der Waals surface area contributed by atoms with E-state index in [1.807, 2.05) is 14.1 Å². The van der Waals surface area contributed by atoms with Crippen molar-refractivity contribution in [3.63, 3.8) is 0 Å². The van der Waals surface area contributed by atoms with E-state index in [0.717, 1.165) is 11.3 Å². The molecule has 0 aliphatic carbocycles. The molecule has 0 spiro atoms. The van der Waals surface area contributed by atoms with Crippen LogP contribution in [0.15, 0.2) is 24.3 Å². The zero-order valence-electron chi connectivity index (χ0n) is 7.91. The minimum Gasteiger partial charge on any atom is -0.497 e. The first-order chi connectivity index (χ1) is 6.27. The highest BCUT2D eigenvalue weighted by Crippen LogP contribution is 2.12. The Kier molecular flexibility index (Phi) is 3.56. The Morgan fingerprint density at radius 3 is 2.46 bits per heavy atom. The van der Waals surface area contributed by atoms with Gasteiger partial charge in [-0.1, -0.05) is 6.82 Å². The van der Waals surface area contributed by atoms with E-state index >= 15 is 0 Å². The van der Waals surface area contributed by atoms with E-state index in [-0.39, 0.29) is 5.78 Å². The maximum Gasteiger partial charge on any atom is 0.155 e. The van der Waals surface area contributed by atoms with Gasteiger partial charge in [-0.25, -0.2) is 0 Å². The average molecular weight is 175 g/mol. The summed E-state index contributed by atoms with van der Waals surface area (Å²) in [5.74, 6) is 0.919. The first-order valence-electron chi connectivity index (χ1n) is 4.23. The average Bonchev–Trinajstić information content (AvgIpc) is 2.18. The molecule has 1 aromatic rings. The number of benzene rings is 1. The van der Waals surface area contributed by atoms with Crippen molar-refractivity contribution in [1.29, 1.82) is 0 Å². The van der Waals surface area contributed by atoms with Gasteiger partial charge in [0.05, 0.1) is 7.11 Å². The third-order valence-electron chi connectivity index (χ3n) is 1.80. The molecule has 0 heterocycles. The summed E-state index contributed by atoms with van der Waals surface area (Å²) < 4.78 is 4.99. The lowest BCUT2D eigenvalue weighted by molar-refractivity contribution is 0.101. The fraction of sp³-hybridized carbons (Fsp3) is 0.300. The Balaban J connectivity index is 2.74. The second-order valence-corrected chi connectivity index (χ2v) is 2.76. The predicted octanol–water partition coefficient (Wildman–Crippen LogP) is 2.05. The minimum absolute atomic E-state index is 0.144. The van der Waals surface area contributed by atoms with Crippen molar-refractivity contribution in [2.45, 2.75) is 13.1 Å². The maximum atomic E-state index is 11.4. The number of carbonyl (C=O) groups is 1. The van der Waals surface area contributed by atoms with Gasteiger partial charge in [-0.3, -0.25) is 4.79 Å². The van der Waals surface area contributed by atoms with Gasteiger partial charge < -0.3 is 4.74 Å². The normalized spacial score (nSPS) is 9.38. The molecule has 1 radical (unpaired) electrons. The van der Waals surface area contributed by atoms with Crippen LogP contribution < -0.4 is 4.74 Å². The Morgan fingerprint density at radius 2 is 2.00 bits per heavy atom. The molecule has 0 saturated carbocycles. The van der Waals surface area contributed by atoms with E-state index in [1.165, 1.54) is 0 Å². The maximum absolute atomic E-state index is 11.4. The molecule has 1 aromatic carbocycles. The van der Waals surface area contributed by atoms with E-state index in [4.69, 9.17) is 4.74 Å². The molecule has 0 aromatic heterocycles. The van der Waals surface area contributed by atoms with Crippen LogP contribution in [0.1, 0.15) is 10.4 Å². The molecule has 0 aliphatic rings. The van der Waals surface area contributed by atoms with Crippen molar-refractivity contribution in [2.75, 3.05) is 7.11 Å². The molecule has 0 fully saturated rings. The first kappa shape index (κ1) is 9.84. The lowest BCUT2D eigenvalue weighted by atomic mass is 9.75. The molecule has 67 valence electrons. The van der Waals surface area contributed by atoms with Crippen molar-refractivity contribution in [3.05, 3.63) is 29.8 Å². The molecule has 0 aliphatic heterocycles. The molecule has 0 unspecified atom stereocenters. The topological polar surface area (TPSA) is 26.3 Å². The van der Waals surface area contributed by atoms with Crippen LogP contribution in [0.25, 0.3) is 0 Å². The summed E-state index contributed by atoms with van der Waals surface area (Å²) >= 11 is 0. The molecular weight excluding hydrogens is 163 g/mol. The van der Waals surface area contributed by atoms with Crippen LogP contribution in [0.3, 0.4) is 0 Å². The largest absolute Gasteiger partial charge is 0.497 e. The monoisotopic (exact) mass is 175 g/mol. The summed E-state index contributed by atoms with van der Waals surface area (Å²) in [6, 6.07) is 7.15. The van der Waals surface area contributed by atoms with Gasteiger partial charge in [-0.05, 0) is 30.6 Å². The number of ether oxygens (including phenoxy) is 1. The third kappa shape index (κ3) is 2.62. The molecule has 3 heteroatoms. The Morgan fingerprint density at radius 1 is 1.38 bits per heavy atom. The van der Waals surface area contributed by atoms with Crippen LogP contribution in [0.5, 0.6) is 5.75 Å². The van der Waals surface area contributed by atoms with Gasteiger partial charge in [0, 0.05) is 5.56 Å². The van der Waals surface area contributed by atoms with E-state index < -0.39 is 0 Å². The Hall–Kier alpha value is -1.25. The zero-order chi connectivity index (χ0) is 9.68. The Labute approximate surface area is 79.2 Å². The van der Waals surface area contributed by atoms with E-state index in [2.05, 4.69) is 0 Å². The quantitative estimate of drug-likeness (QED) is 0.517. The minimum atomic E-state index is 0.144. The number of hydrogen-bond acceptors (Lipinski definition) is 2. The fourth-order valence-corrected chi connectivity index (χ4v) is 1.08. The summed E-state index contributed by atoms with van der Waals surface area (Å²) in [6.45, 7) is 1.88. The lowest BCUT2D eigenvalue weighted by Gasteiger charge is -2.01. The van der Waals surface area contributed by atoms with Gasteiger partial charge >= 0.3 is 0 Å². The van der Waals surface area contributed by atoms with E-state index in [1.54, 1.807) is 31.4 Å². The van der Waals surface area contributed by atoms with Crippen molar-refractivity contribution in [3.8, 4) is 5.75 Å². The van der Waals surface area contributed by atoms with Crippen molar-refractivity contribution < 1.29 is 9.53 Å². The number of Topliss-reactive ketones (excluding diaryl/α,β-unsaturated/α-hetero) is 1. The number of ketones is 1. The molecule has 0 atom stereocenters. The van der Waals surface area contributed by atoms with Gasteiger partial charge in [0.1, 0.15) is 13.0 Å². The molecule has 0 amide bonds. The summed E-state index contributed by atoms with van der Waals surface area (Å²) in [6.07, 6.45) is 0.492. The predicted molar refractivity (Wildman–Crippen MR) is 53.7 cm³/mol. The number of carbonyl (C=O) groups excluding carboxylic acids is 1. The SMILES string of the molecule is C[B]CC(=O)c1ccc(OC)cc1. The van der Waals surface area contributed by atoms with Crippen molar-refractivity contribution in [2.24, 2.45) is 0 Å². The van der Waals surface area contributed by atoms with Crippen LogP contribution >= 0.6 is 0 Å². The summed E-state index contributed by atoms with van der Waals surface area (Å²) in [5.41, 5.74) is 0.735. The molecule has 0 saturated heterocycles. The molecule has 0 bridgehead atoms. The van der Waals surface area contributed by atoms with Crippen LogP contribution in [-0.4, -0.2) is 20.2 Å². The Bertz CT molecular complexity index is 279. The van der Waals surface area contributed by atoms with Gasteiger partial charge in [0.15, 0.2) is 5.78 Å². The number of methoxy groups -OCH3 is 1. The second-order valence-electron chi connectivity index (χ2n) is 2.76. The molecule has 13 heavy (non-hydrogen) atoms. The second kappa shape index (κ2) is 4.70. The van der Waals surface area contributed by atoms with Crippen molar-refractivity contribution >= 4 is 13.1 Å². The summed E-state index contributed by atoms with van der Waals surface area (Å²) in [4.78, 5) is 11.4. The summed E-state index contributed by atoms with van der Waals surface area (Å²) in [7, 11) is 3.46. The molecule has 0 N–H and O–H groups in total. The third-order valence-corrected chi connectivity index (χ3v) is 1.80.